The highest BCUT2D eigenvalue weighted by Gasteiger charge is 2.06. The molecule has 0 saturated carbocycles. The molecule has 0 amide bonds. The Bertz CT molecular complexity index is 1230. The van der Waals surface area contributed by atoms with Crippen molar-refractivity contribution in [3.63, 3.8) is 0 Å². The standard InChI is InChI=1S/C26H20N2/c1-19-4-6-20(7-5-19)21-8-11-25(12-9-21)28-16-14-23-17-22(10-13-26(23)28)24-3-2-15-27-18-24/h2-18H,1H3. The first-order chi connectivity index (χ1) is 13.8. The monoisotopic (exact) mass is 360 g/mol. The van der Waals surface area contributed by atoms with Crippen molar-refractivity contribution in [2.45, 2.75) is 6.92 Å². The molecular formula is C26H20N2. The summed E-state index contributed by atoms with van der Waals surface area (Å²) in [5.74, 6) is 0. The normalized spacial score (nSPS) is 11.0. The van der Waals surface area contributed by atoms with Crippen LogP contribution in [-0.4, -0.2) is 9.55 Å². The molecule has 0 aliphatic heterocycles. The van der Waals surface area contributed by atoms with Crippen molar-refractivity contribution in [2.24, 2.45) is 0 Å². The summed E-state index contributed by atoms with van der Waals surface area (Å²) >= 11 is 0. The second-order valence-corrected chi connectivity index (χ2v) is 7.11. The molecule has 2 heterocycles. The molecule has 0 fully saturated rings. The zero-order valence-corrected chi connectivity index (χ0v) is 15.7. The minimum absolute atomic E-state index is 1.14. The van der Waals surface area contributed by atoms with Crippen LogP contribution in [0.3, 0.4) is 0 Å². The van der Waals surface area contributed by atoms with Gasteiger partial charge in [0.1, 0.15) is 0 Å². The molecule has 5 aromatic rings. The van der Waals surface area contributed by atoms with Crippen molar-refractivity contribution in [3.8, 4) is 27.9 Å². The molecule has 2 nitrogen and oxygen atoms in total. The van der Waals surface area contributed by atoms with Crippen LogP contribution in [0, 0.1) is 6.92 Å². The number of fused-ring (bicyclic) bond motifs is 1. The van der Waals surface area contributed by atoms with Crippen molar-refractivity contribution >= 4 is 10.9 Å². The maximum atomic E-state index is 4.23. The Labute approximate surface area is 164 Å². The fraction of sp³-hybridized carbons (Fsp3) is 0.0385. The van der Waals surface area contributed by atoms with Crippen molar-refractivity contribution in [1.29, 1.82) is 0 Å². The predicted molar refractivity (Wildman–Crippen MR) is 117 cm³/mol. The van der Waals surface area contributed by atoms with Gasteiger partial charge in [-0.1, -0.05) is 54.1 Å². The van der Waals surface area contributed by atoms with E-state index in [4.69, 9.17) is 0 Å². The maximum absolute atomic E-state index is 4.23. The SMILES string of the molecule is Cc1ccc(-c2ccc(-n3ccc4cc(-c5cccnc5)ccc43)cc2)cc1. The van der Waals surface area contributed by atoms with Crippen molar-refractivity contribution in [2.75, 3.05) is 0 Å². The Kier molecular flexibility index (Phi) is 4.02. The molecule has 0 radical (unpaired) electrons. The van der Waals surface area contributed by atoms with Gasteiger partial charge in [0.05, 0.1) is 5.52 Å². The highest BCUT2D eigenvalue weighted by atomic mass is 15.0. The van der Waals surface area contributed by atoms with E-state index in [0.29, 0.717) is 0 Å². The van der Waals surface area contributed by atoms with Crippen molar-refractivity contribution < 1.29 is 0 Å². The Hall–Kier alpha value is -3.65. The molecule has 0 atom stereocenters. The Morgan fingerprint density at radius 1 is 0.679 bits per heavy atom. The van der Waals surface area contributed by atoms with Gasteiger partial charge in [-0.15, -0.1) is 0 Å². The van der Waals surface area contributed by atoms with Gasteiger partial charge in [0.2, 0.25) is 0 Å². The van der Waals surface area contributed by atoms with E-state index in [2.05, 4.69) is 102 Å². The average molecular weight is 360 g/mol. The molecule has 2 heteroatoms. The molecular weight excluding hydrogens is 340 g/mol. The van der Waals surface area contributed by atoms with E-state index in [1.54, 1.807) is 6.20 Å². The summed E-state index contributed by atoms with van der Waals surface area (Å²) in [4.78, 5) is 4.23. The smallest absolute Gasteiger partial charge is 0.0528 e. The van der Waals surface area contributed by atoms with E-state index >= 15 is 0 Å². The first kappa shape index (κ1) is 16.5. The molecule has 134 valence electrons. The van der Waals surface area contributed by atoms with E-state index in [-0.39, 0.29) is 0 Å². The van der Waals surface area contributed by atoms with Crippen LogP contribution in [0.5, 0.6) is 0 Å². The van der Waals surface area contributed by atoms with Gasteiger partial charge in [-0.05, 0) is 60.0 Å². The van der Waals surface area contributed by atoms with Crippen LogP contribution < -0.4 is 0 Å². The van der Waals surface area contributed by atoms with Gasteiger partial charge in [0.25, 0.3) is 0 Å². The van der Waals surface area contributed by atoms with E-state index < -0.39 is 0 Å². The van der Waals surface area contributed by atoms with Gasteiger partial charge in [-0.3, -0.25) is 4.98 Å². The quantitative estimate of drug-likeness (QED) is 0.351. The fourth-order valence-electron chi connectivity index (χ4n) is 3.64. The zero-order chi connectivity index (χ0) is 18.9. The molecule has 0 aliphatic rings. The minimum atomic E-state index is 1.14. The van der Waals surface area contributed by atoms with Gasteiger partial charge >= 0.3 is 0 Å². The number of nitrogens with zero attached hydrogens (tertiary/aromatic N) is 2. The highest BCUT2D eigenvalue weighted by molar-refractivity contribution is 5.87. The van der Waals surface area contributed by atoms with Crippen LogP contribution in [0.25, 0.3) is 38.8 Å². The second-order valence-electron chi connectivity index (χ2n) is 7.11. The predicted octanol–water partition coefficient (Wildman–Crippen LogP) is 6.67. The van der Waals surface area contributed by atoms with Crippen LogP contribution in [0.1, 0.15) is 5.56 Å². The summed E-state index contributed by atoms with van der Waals surface area (Å²) in [5, 5.41) is 1.23. The number of benzene rings is 3. The summed E-state index contributed by atoms with van der Waals surface area (Å²) in [6.07, 6.45) is 5.85. The lowest BCUT2D eigenvalue weighted by molar-refractivity contribution is 1.13. The molecule has 0 N–H and O–H groups in total. The Morgan fingerprint density at radius 2 is 1.39 bits per heavy atom. The van der Waals surface area contributed by atoms with Crippen LogP contribution in [0.4, 0.5) is 0 Å². The number of aryl methyl sites for hydroxylation is 1. The molecule has 5 rings (SSSR count). The third-order valence-electron chi connectivity index (χ3n) is 5.22. The van der Waals surface area contributed by atoms with Gasteiger partial charge in [-0.2, -0.15) is 0 Å². The lowest BCUT2D eigenvalue weighted by Crippen LogP contribution is -1.91. The van der Waals surface area contributed by atoms with Crippen LogP contribution >= 0.6 is 0 Å². The largest absolute Gasteiger partial charge is 0.317 e. The van der Waals surface area contributed by atoms with Gasteiger partial charge in [-0.25, -0.2) is 0 Å². The molecule has 0 bridgehead atoms. The highest BCUT2D eigenvalue weighted by Crippen LogP contribution is 2.28. The van der Waals surface area contributed by atoms with Gasteiger partial charge < -0.3 is 4.57 Å². The number of aromatic nitrogens is 2. The number of hydrogen-bond acceptors (Lipinski definition) is 1. The fourth-order valence-corrected chi connectivity index (χ4v) is 3.64. The molecule has 3 aromatic carbocycles. The van der Waals surface area contributed by atoms with E-state index in [1.807, 2.05) is 12.3 Å². The third-order valence-corrected chi connectivity index (χ3v) is 5.22. The molecule has 0 unspecified atom stereocenters. The second kappa shape index (κ2) is 6.82. The molecule has 0 spiro atoms. The molecule has 2 aromatic heterocycles. The summed E-state index contributed by atoms with van der Waals surface area (Å²) in [6, 6.07) is 30.2. The topological polar surface area (TPSA) is 17.8 Å². The van der Waals surface area contributed by atoms with E-state index in [1.165, 1.54) is 38.8 Å². The van der Waals surface area contributed by atoms with E-state index in [9.17, 15) is 0 Å². The first-order valence-electron chi connectivity index (χ1n) is 9.47. The van der Waals surface area contributed by atoms with Crippen molar-refractivity contribution in [3.05, 3.63) is 109 Å². The maximum Gasteiger partial charge on any atom is 0.0528 e. The van der Waals surface area contributed by atoms with E-state index in [0.717, 1.165) is 5.56 Å². The summed E-state index contributed by atoms with van der Waals surface area (Å²) in [5.41, 5.74) is 8.46. The zero-order valence-electron chi connectivity index (χ0n) is 15.7. The average Bonchev–Trinajstić information content (AvgIpc) is 3.18. The third kappa shape index (κ3) is 2.99. The number of pyridine rings is 1. The molecule has 0 aliphatic carbocycles. The number of hydrogen-bond donors (Lipinski definition) is 0. The lowest BCUT2D eigenvalue weighted by Gasteiger charge is -2.09. The van der Waals surface area contributed by atoms with Gasteiger partial charge in [0, 0.05) is 35.2 Å². The van der Waals surface area contributed by atoms with Gasteiger partial charge in [0.15, 0.2) is 0 Å². The summed E-state index contributed by atoms with van der Waals surface area (Å²) in [7, 11) is 0. The number of rotatable bonds is 3. The van der Waals surface area contributed by atoms with Crippen LogP contribution in [-0.2, 0) is 0 Å². The minimum Gasteiger partial charge on any atom is -0.317 e. The first-order valence-corrected chi connectivity index (χ1v) is 9.47. The summed E-state index contributed by atoms with van der Waals surface area (Å²) in [6.45, 7) is 2.11. The lowest BCUT2D eigenvalue weighted by atomic mass is 10.0. The molecule has 28 heavy (non-hydrogen) atoms. The van der Waals surface area contributed by atoms with Crippen molar-refractivity contribution in [1.82, 2.24) is 9.55 Å². The summed E-state index contributed by atoms with van der Waals surface area (Å²) < 4.78 is 2.24. The Morgan fingerprint density at radius 3 is 2.11 bits per heavy atom. The van der Waals surface area contributed by atoms with Crippen LogP contribution in [0.2, 0.25) is 0 Å². The molecule has 0 saturated heterocycles. The Balaban J connectivity index is 1.50. The van der Waals surface area contributed by atoms with Crippen LogP contribution in [0.15, 0.2) is 104 Å².